The van der Waals surface area contributed by atoms with Crippen LogP contribution in [0.4, 0.5) is 4.39 Å². The van der Waals surface area contributed by atoms with Crippen molar-refractivity contribution in [3.8, 4) is 5.88 Å². The molecule has 0 saturated carbocycles. The molecule has 1 atom stereocenters. The molecule has 0 spiro atoms. The molecule has 2 heterocycles. The maximum Gasteiger partial charge on any atom is 0.354 e. The van der Waals surface area contributed by atoms with Crippen LogP contribution >= 0.6 is 0 Å². The van der Waals surface area contributed by atoms with Crippen molar-refractivity contribution < 1.29 is 23.5 Å². The molecule has 1 fully saturated rings. The summed E-state index contributed by atoms with van der Waals surface area (Å²) < 4.78 is 23.5. The van der Waals surface area contributed by atoms with E-state index >= 15 is 0 Å². The Bertz CT molecular complexity index is 622. The normalized spacial score (nSPS) is 21.4. The van der Waals surface area contributed by atoms with Crippen LogP contribution in [0.2, 0.25) is 0 Å². The van der Waals surface area contributed by atoms with E-state index in [-0.39, 0.29) is 0 Å². The average Bonchev–Trinajstić information content (AvgIpc) is 2.55. The molecule has 1 saturated heterocycles. The Morgan fingerprint density at radius 3 is 2.53 bits per heavy atom. The monoisotopic (exact) mass is 270 g/mol. The van der Waals surface area contributed by atoms with Crippen molar-refractivity contribution in [2.75, 3.05) is 7.11 Å². The Morgan fingerprint density at radius 2 is 2.05 bits per heavy atom. The van der Waals surface area contributed by atoms with Crippen molar-refractivity contribution >= 4 is 11.8 Å². The molecule has 0 amide bonds. The van der Waals surface area contributed by atoms with E-state index in [1.165, 1.54) is 13.8 Å². The fraction of sp³-hybridized carbons (Fsp3) is 0.455. The molecule has 1 aromatic heterocycles. The predicted molar refractivity (Wildman–Crippen MR) is 58.9 cm³/mol. The van der Waals surface area contributed by atoms with E-state index in [1.54, 1.807) is 0 Å². The highest BCUT2D eigenvalue weighted by atomic mass is 19.1. The highest BCUT2D eigenvalue weighted by Gasteiger charge is 2.51. The molecular weight excluding hydrogens is 259 g/mol. The summed E-state index contributed by atoms with van der Waals surface area (Å²) in [5.41, 5.74) is -2.32. The summed E-state index contributed by atoms with van der Waals surface area (Å²) in [4.78, 5) is 38.5. The van der Waals surface area contributed by atoms with Crippen LogP contribution in [-0.4, -0.2) is 28.4 Å². The lowest BCUT2D eigenvalue weighted by Crippen LogP contribution is -2.33. The molecule has 0 radical (unpaired) electrons. The summed E-state index contributed by atoms with van der Waals surface area (Å²) >= 11 is 0. The molecule has 1 aliphatic rings. The fourth-order valence-electron chi connectivity index (χ4n) is 1.64. The van der Waals surface area contributed by atoms with Crippen molar-refractivity contribution in [1.82, 2.24) is 9.55 Å². The average molecular weight is 270 g/mol. The van der Waals surface area contributed by atoms with E-state index in [0.29, 0.717) is 4.57 Å². The van der Waals surface area contributed by atoms with E-state index < -0.39 is 40.8 Å². The van der Waals surface area contributed by atoms with Crippen LogP contribution in [0.25, 0.3) is 0 Å². The number of methoxy groups -OCH3 is 1. The lowest BCUT2D eigenvalue weighted by molar-refractivity contribution is -0.150. The minimum absolute atomic E-state index is 0.489. The minimum Gasteiger partial charge on any atom is -0.479 e. The number of aromatic nitrogens is 2. The molecule has 1 aliphatic heterocycles. The number of ether oxygens (including phenoxy) is 2. The van der Waals surface area contributed by atoms with Gasteiger partial charge in [-0.3, -0.25) is 14.2 Å². The van der Waals surface area contributed by atoms with Gasteiger partial charge < -0.3 is 9.47 Å². The number of Topliss-reactive ketones (excluding diaryl/α,β-unsaturated/α-hetero) is 1. The molecular formula is C11H11FN2O5. The van der Waals surface area contributed by atoms with Gasteiger partial charge in [0.2, 0.25) is 17.8 Å². The Balaban J connectivity index is 2.50. The SMILES string of the molecule is COc1nc(=O)n(C2OC(=O)C(C)(C)C2=O)cc1F. The summed E-state index contributed by atoms with van der Waals surface area (Å²) in [5, 5.41) is 0. The maximum absolute atomic E-state index is 13.5. The topological polar surface area (TPSA) is 87.5 Å². The Kier molecular flexibility index (Phi) is 2.88. The smallest absolute Gasteiger partial charge is 0.354 e. The zero-order valence-electron chi connectivity index (χ0n) is 10.5. The van der Waals surface area contributed by atoms with Crippen LogP contribution < -0.4 is 10.4 Å². The zero-order chi connectivity index (χ0) is 14.4. The second-order valence-electron chi connectivity index (χ2n) is 4.53. The fourth-order valence-corrected chi connectivity index (χ4v) is 1.64. The summed E-state index contributed by atoms with van der Waals surface area (Å²) in [6.45, 7) is 2.74. The first-order chi connectivity index (χ1) is 8.78. The van der Waals surface area contributed by atoms with Crippen molar-refractivity contribution in [1.29, 1.82) is 0 Å². The van der Waals surface area contributed by atoms with Crippen molar-refractivity contribution in [3.63, 3.8) is 0 Å². The lowest BCUT2D eigenvalue weighted by atomic mass is 9.90. The first kappa shape index (κ1) is 13.2. The number of hydrogen-bond donors (Lipinski definition) is 0. The number of hydrogen-bond acceptors (Lipinski definition) is 6. The van der Waals surface area contributed by atoms with Gasteiger partial charge in [0.1, 0.15) is 5.41 Å². The minimum atomic E-state index is -1.50. The van der Waals surface area contributed by atoms with Crippen molar-refractivity contribution in [3.05, 3.63) is 22.5 Å². The lowest BCUT2D eigenvalue weighted by Gasteiger charge is -2.12. The number of esters is 1. The van der Waals surface area contributed by atoms with Gasteiger partial charge in [0, 0.05) is 0 Å². The Hall–Kier alpha value is -2.25. The zero-order valence-corrected chi connectivity index (χ0v) is 10.5. The molecule has 0 bridgehead atoms. The molecule has 0 N–H and O–H groups in total. The van der Waals surface area contributed by atoms with E-state index in [1.807, 2.05) is 0 Å². The molecule has 19 heavy (non-hydrogen) atoms. The van der Waals surface area contributed by atoms with Gasteiger partial charge in [0.15, 0.2) is 0 Å². The molecule has 2 rings (SSSR count). The first-order valence-corrected chi connectivity index (χ1v) is 5.37. The summed E-state index contributed by atoms with van der Waals surface area (Å²) in [5.74, 6) is -2.83. The van der Waals surface area contributed by atoms with Crippen LogP contribution in [0.1, 0.15) is 20.1 Å². The van der Waals surface area contributed by atoms with Gasteiger partial charge in [-0.25, -0.2) is 4.79 Å². The number of ketones is 1. The molecule has 0 aliphatic carbocycles. The van der Waals surface area contributed by atoms with Gasteiger partial charge in [-0.2, -0.15) is 9.37 Å². The quantitative estimate of drug-likeness (QED) is 0.557. The second-order valence-corrected chi connectivity index (χ2v) is 4.53. The standard InChI is InChI=1S/C11H11FN2O5/c1-11(2)6(15)8(19-9(11)16)14-4-5(12)7(18-3)13-10(14)17/h4,8H,1-3H3. The van der Waals surface area contributed by atoms with Gasteiger partial charge in [-0.1, -0.05) is 0 Å². The highest BCUT2D eigenvalue weighted by Crippen LogP contribution is 2.34. The number of nitrogens with zero attached hydrogens (tertiary/aromatic N) is 2. The summed E-state index contributed by atoms with van der Waals surface area (Å²) in [6, 6.07) is 0. The number of cyclic esters (lactones) is 1. The van der Waals surface area contributed by atoms with E-state index in [4.69, 9.17) is 4.74 Å². The van der Waals surface area contributed by atoms with E-state index in [9.17, 15) is 18.8 Å². The largest absolute Gasteiger partial charge is 0.479 e. The van der Waals surface area contributed by atoms with E-state index in [0.717, 1.165) is 13.3 Å². The molecule has 8 heteroatoms. The Morgan fingerprint density at radius 1 is 1.42 bits per heavy atom. The van der Waals surface area contributed by atoms with Crippen molar-refractivity contribution in [2.24, 2.45) is 5.41 Å². The molecule has 7 nitrogen and oxygen atoms in total. The van der Waals surface area contributed by atoms with Gasteiger partial charge in [0.05, 0.1) is 13.3 Å². The number of carbonyl (C=O) groups is 2. The Labute approximate surface area is 107 Å². The highest BCUT2D eigenvalue weighted by molar-refractivity contribution is 6.08. The molecule has 102 valence electrons. The van der Waals surface area contributed by atoms with Gasteiger partial charge in [0.25, 0.3) is 5.88 Å². The van der Waals surface area contributed by atoms with Crippen molar-refractivity contribution in [2.45, 2.75) is 20.1 Å². The summed E-state index contributed by atoms with van der Waals surface area (Å²) in [6.07, 6.45) is -0.770. The molecule has 1 unspecified atom stereocenters. The third-order valence-corrected chi connectivity index (χ3v) is 2.89. The molecule has 0 aromatic carbocycles. The second kappa shape index (κ2) is 4.15. The van der Waals surface area contributed by atoms with Gasteiger partial charge in [-0.15, -0.1) is 0 Å². The van der Waals surface area contributed by atoms with Crippen LogP contribution in [-0.2, 0) is 14.3 Å². The van der Waals surface area contributed by atoms with Crippen LogP contribution in [0, 0.1) is 11.2 Å². The van der Waals surface area contributed by atoms with Gasteiger partial charge >= 0.3 is 11.7 Å². The first-order valence-electron chi connectivity index (χ1n) is 5.37. The number of halogens is 1. The third-order valence-electron chi connectivity index (χ3n) is 2.89. The van der Waals surface area contributed by atoms with Crippen LogP contribution in [0.15, 0.2) is 11.0 Å². The summed E-state index contributed by atoms with van der Waals surface area (Å²) in [7, 11) is 1.15. The van der Waals surface area contributed by atoms with Crippen LogP contribution in [0.3, 0.4) is 0 Å². The van der Waals surface area contributed by atoms with Crippen LogP contribution in [0.5, 0.6) is 5.88 Å². The predicted octanol–water partition coefficient (Wildman–Crippen LogP) is 0.0417. The maximum atomic E-state index is 13.5. The van der Waals surface area contributed by atoms with E-state index in [2.05, 4.69) is 9.72 Å². The number of rotatable bonds is 2. The van der Waals surface area contributed by atoms with Gasteiger partial charge in [-0.05, 0) is 13.8 Å². The molecule has 1 aromatic rings. The third kappa shape index (κ3) is 1.88. The number of carbonyl (C=O) groups excluding carboxylic acids is 2.